The van der Waals surface area contributed by atoms with E-state index in [9.17, 15) is 4.79 Å². The second-order valence-electron chi connectivity index (χ2n) is 6.30. The first-order chi connectivity index (χ1) is 12.2. The summed E-state index contributed by atoms with van der Waals surface area (Å²) in [6.07, 6.45) is 5.03. The normalized spacial score (nSPS) is 17.1. The summed E-state index contributed by atoms with van der Waals surface area (Å²) in [5, 5.41) is 3.36. The Kier molecular flexibility index (Phi) is 7.74. The summed E-state index contributed by atoms with van der Waals surface area (Å²) >= 11 is 0. The molecule has 1 aromatic carbocycles. The van der Waals surface area contributed by atoms with Gasteiger partial charge in [0.1, 0.15) is 0 Å². The molecule has 2 rings (SSSR count). The molecule has 0 aliphatic carbocycles. The average Bonchev–Trinajstić information content (AvgIpc) is 2.60. The maximum Gasteiger partial charge on any atom is 0.336 e. The number of carbonyl (C=O) groups excluding carboxylic acids is 1. The average molecular weight is 343 g/mol. The lowest BCUT2D eigenvalue weighted by molar-refractivity contribution is -0.139. The van der Waals surface area contributed by atoms with E-state index in [1.54, 1.807) is 0 Å². The van der Waals surface area contributed by atoms with Crippen molar-refractivity contribution in [2.45, 2.75) is 46.6 Å². The van der Waals surface area contributed by atoms with Crippen LogP contribution in [-0.4, -0.2) is 19.2 Å². The number of hydrogen-bond donors (Lipinski definition) is 1. The van der Waals surface area contributed by atoms with E-state index in [0.29, 0.717) is 25.4 Å². The molecule has 1 aliphatic heterocycles. The summed E-state index contributed by atoms with van der Waals surface area (Å²) in [7, 11) is 0. The topological polar surface area (TPSA) is 47.6 Å². The van der Waals surface area contributed by atoms with Crippen molar-refractivity contribution in [3.8, 4) is 0 Å². The molecule has 1 N–H and O–H groups in total. The third-order valence-corrected chi connectivity index (χ3v) is 4.18. The van der Waals surface area contributed by atoms with Crippen LogP contribution in [0, 0.1) is 5.92 Å². The zero-order valence-corrected chi connectivity index (χ0v) is 15.5. The van der Waals surface area contributed by atoms with Crippen molar-refractivity contribution in [1.29, 1.82) is 0 Å². The molecule has 1 aromatic rings. The predicted molar refractivity (Wildman–Crippen MR) is 99.7 cm³/mol. The van der Waals surface area contributed by atoms with E-state index in [2.05, 4.69) is 18.3 Å². The zero-order valence-electron chi connectivity index (χ0n) is 15.5. The van der Waals surface area contributed by atoms with Crippen molar-refractivity contribution >= 4 is 5.97 Å². The standard InChI is InChI=1S/C21H29NO3/c1-4-6-12-19-20(21(23)25-5-2)18(13-16(3)22-19)15-24-14-17-10-8-7-9-11-17/h7-11,13,18,22H,4-6,12,14-15H2,1-3H3. The van der Waals surface area contributed by atoms with Gasteiger partial charge in [0, 0.05) is 17.3 Å². The van der Waals surface area contributed by atoms with Crippen LogP contribution < -0.4 is 5.32 Å². The Morgan fingerprint density at radius 3 is 2.64 bits per heavy atom. The molecule has 1 heterocycles. The number of hydrogen-bond acceptors (Lipinski definition) is 4. The number of unbranched alkanes of at least 4 members (excludes halogenated alkanes) is 1. The minimum absolute atomic E-state index is 0.0733. The maximum absolute atomic E-state index is 12.5. The van der Waals surface area contributed by atoms with Gasteiger partial charge in [0.25, 0.3) is 0 Å². The number of esters is 1. The van der Waals surface area contributed by atoms with Crippen LogP contribution in [0.4, 0.5) is 0 Å². The van der Waals surface area contributed by atoms with Gasteiger partial charge in [0.05, 0.1) is 25.4 Å². The summed E-state index contributed by atoms with van der Waals surface area (Å²) in [5.41, 5.74) is 3.89. The molecule has 1 atom stereocenters. The van der Waals surface area contributed by atoms with Gasteiger partial charge in [-0.1, -0.05) is 49.8 Å². The molecule has 4 nitrogen and oxygen atoms in total. The third-order valence-electron chi connectivity index (χ3n) is 4.18. The van der Waals surface area contributed by atoms with Gasteiger partial charge in [-0.3, -0.25) is 0 Å². The summed E-state index contributed by atoms with van der Waals surface area (Å²) in [6.45, 7) is 7.40. The number of dihydropyridines is 1. The minimum atomic E-state index is -0.238. The lowest BCUT2D eigenvalue weighted by Gasteiger charge is -2.27. The van der Waals surface area contributed by atoms with Crippen LogP contribution in [0.3, 0.4) is 0 Å². The highest BCUT2D eigenvalue weighted by molar-refractivity contribution is 5.90. The van der Waals surface area contributed by atoms with Crippen molar-refractivity contribution in [2.24, 2.45) is 5.92 Å². The lowest BCUT2D eigenvalue weighted by atomic mass is 9.91. The van der Waals surface area contributed by atoms with Crippen molar-refractivity contribution in [3.05, 3.63) is 58.9 Å². The summed E-state index contributed by atoms with van der Waals surface area (Å²) < 4.78 is 11.2. The largest absolute Gasteiger partial charge is 0.463 e. The minimum Gasteiger partial charge on any atom is -0.463 e. The number of allylic oxidation sites excluding steroid dienone is 2. The molecule has 0 saturated carbocycles. The van der Waals surface area contributed by atoms with E-state index in [0.717, 1.165) is 36.2 Å². The molecule has 4 heteroatoms. The second-order valence-corrected chi connectivity index (χ2v) is 6.30. The van der Waals surface area contributed by atoms with Crippen LogP contribution >= 0.6 is 0 Å². The lowest BCUT2D eigenvalue weighted by Crippen LogP contribution is -2.30. The van der Waals surface area contributed by atoms with Crippen molar-refractivity contribution in [3.63, 3.8) is 0 Å². The quantitative estimate of drug-likeness (QED) is 0.678. The third kappa shape index (κ3) is 5.75. The van der Waals surface area contributed by atoms with Gasteiger partial charge in [-0.2, -0.15) is 0 Å². The molecule has 1 aliphatic rings. The van der Waals surface area contributed by atoms with Gasteiger partial charge in [-0.25, -0.2) is 4.79 Å². The Labute approximate surface area is 150 Å². The van der Waals surface area contributed by atoms with Crippen LogP contribution in [0.25, 0.3) is 0 Å². The highest BCUT2D eigenvalue weighted by Crippen LogP contribution is 2.27. The number of carbonyl (C=O) groups is 1. The molecular weight excluding hydrogens is 314 g/mol. The van der Waals surface area contributed by atoms with Gasteiger partial charge in [0.15, 0.2) is 0 Å². The number of nitrogens with one attached hydrogen (secondary N) is 1. The molecule has 0 amide bonds. The van der Waals surface area contributed by atoms with E-state index in [-0.39, 0.29) is 11.9 Å². The van der Waals surface area contributed by atoms with Crippen molar-refractivity contribution in [2.75, 3.05) is 13.2 Å². The van der Waals surface area contributed by atoms with Gasteiger partial charge in [0.2, 0.25) is 0 Å². The van der Waals surface area contributed by atoms with E-state index < -0.39 is 0 Å². The van der Waals surface area contributed by atoms with E-state index in [1.165, 1.54) is 0 Å². The highest BCUT2D eigenvalue weighted by Gasteiger charge is 2.28. The Hall–Kier alpha value is -2.07. The fraction of sp³-hybridized carbons (Fsp3) is 0.476. The van der Waals surface area contributed by atoms with E-state index >= 15 is 0 Å². The first-order valence-corrected chi connectivity index (χ1v) is 9.13. The molecule has 0 bridgehead atoms. The second kappa shape index (κ2) is 10.0. The molecule has 0 saturated heterocycles. The maximum atomic E-state index is 12.5. The Balaban J connectivity index is 2.11. The summed E-state index contributed by atoms with van der Waals surface area (Å²) in [4.78, 5) is 12.5. The SMILES string of the molecule is CCCCC1=C(C(=O)OCC)C(COCc2ccccc2)C=C(C)N1. The van der Waals surface area contributed by atoms with Crippen molar-refractivity contribution < 1.29 is 14.3 Å². The Bertz CT molecular complexity index is 619. The van der Waals surface area contributed by atoms with Crippen LogP contribution in [0.1, 0.15) is 45.6 Å². The highest BCUT2D eigenvalue weighted by atomic mass is 16.5. The molecular formula is C21H29NO3. The van der Waals surface area contributed by atoms with Crippen LogP contribution in [0.15, 0.2) is 53.4 Å². The fourth-order valence-electron chi connectivity index (χ4n) is 3.00. The molecule has 136 valence electrons. The van der Waals surface area contributed by atoms with Gasteiger partial charge in [-0.15, -0.1) is 0 Å². The number of benzene rings is 1. The monoisotopic (exact) mass is 343 g/mol. The van der Waals surface area contributed by atoms with E-state index in [4.69, 9.17) is 9.47 Å². The zero-order chi connectivity index (χ0) is 18.1. The summed E-state index contributed by atoms with van der Waals surface area (Å²) in [6, 6.07) is 10.1. The molecule has 25 heavy (non-hydrogen) atoms. The van der Waals surface area contributed by atoms with Crippen molar-refractivity contribution in [1.82, 2.24) is 5.32 Å². The Morgan fingerprint density at radius 2 is 1.96 bits per heavy atom. The van der Waals surface area contributed by atoms with Gasteiger partial charge >= 0.3 is 5.97 Å². The van der Waals surface area contributed by atoms with Gasteiger partial charge in [-0.05, 0) is 32.3 Å². The van der Waals surface area contributed by atoms with Crippen LogP contribution in [0.5, 0.6) is 0 Å². The predicted octanol–water partition coefficient (Wildman–Crippen LogP) is 4.33. The first-order valence-electron chi connectivity index (χ1n) is 9.13. The first kappa shape index (κ1) is 19.3. The molecule has 0 aromatic heterocycles. The number of rotatable bonds is 9. The number of ether oxygens (including phenoxy) is 2. The van der Waals surface area contributed by atoms with E-state index in [1.807, 2.05) is 44.2 Å². The smallest absolute Gasteiger partial charge is 0.336 e. The summed E-state index contributed by atoms with van der Waals surface area (Å²) in [5.74, 6) is -0.311. The molecule has 0 radical (unpaired) electrons. The van der Waals surface area contributed by atoms with Crippen LogP contribution in [-0.2, 0) is 20.9 Å². The molecule has 0 spiro atoms. The molecule has 0 fully saturated rings. The Morgan fingerprint density at radius 1 is 1.20 bits per heavy atom. The van der Waals surface area contributed by atoms with Crippen LogP contribution in [0.2, 0.25) is 0 Å². The molecule has 1 unspecified atom stereocenters. The van der Waals surface area contributed by atoms with Gasteiger partial charge < -0.3 is 14.8 Å². The fourth-order valence-corrected chi connectivity index (χ4v) is 3.00.